The van der Waals surface area contributed by atoms with Crippen molar-refractivity contribution in [3.8, 4) is 0 Å². The Morgan fingerprint density at radius 2 is 2.38 bits per heavy atom. The lowest BCUT2D eigenvalue weighted by Crippen LogP contribution is -2.45. The van der Waals surface area contributed by atoms with Crippen LogP contribution in [0.5, 0.6) is 0 Å². The zero-order chi connectivity index (χ0) is 11.5. The predicted molar refractivity (Wildman–Crippen MR) is 59.8 cm³/mol. The van der Waals surface area contributed by atoms with E-state index in [1.165, 1.54) is 0 Å². The van der Waals surface area contributed by atoms with E-state index in [0.717, 1.165) is 25.9 Å². The summed E-state index contributed by atoms with van der Waals surface area (Å²) in [6, 6.07) is 0.00641. The summed E-state index contributed by atoms with van der Waals surface area (Å²) in [5.41, 5.74) is 0. The molecule has 16 heavy (non-hydrogen) atoms. The molecule has 0 radical (unpaired) electrons. The number of nitrogens with zero attached hydrogens (tertiary/aromatic N) is 1. The number of piperidine rings is 1. The fraction of sp³-hybridized carbons (Fsp3) is 0.818. The van der Waals surface area contributed by atoms with E-state index in [9.17, 15) is 9.59 Å². The van der Waals surface area contributed by atoms with Crippen molar-refractivity contribution in [2.45, 2.75) is 25.3 Å². The van der Waals surface area contributed by atoms with Crippen LogP contribution in [0.25, 0.3) is 0 Å². The maximum Gasteiger partial charge on any atom is 0.224 e. The van der Waals surface area contributed by atoms with Crippen molar-refractivity contribution in [2.24, 2.45) is 5.92 Å². The topological polar surface area (TPSA) is 61.4 Å². The molecule has 2 N–H and O–H groups in total. The van der Waals surface area contributed by atoms with Crippen LogP contribution in [0, 0.1) is 5.92 Å². The van der Waals surface area contributed by atoms with Gasteiger partial charge in [0.25, 0.3) is 0 Å². The molecule has 2 fully saturated rings. The Kier molecular flexibility index (Phi) is 3.43. The van der Waals surface area contributed by atoms with Crippen LogP contribution >= 0.6 is 0 Å². The van der Waals surface area contributed by atoms with E-state index >= 15 is 0 Å². The molecule has 5 nitrogen and oxygen atoms in total. The van der Waals surface area contributed by atoms with Crippen LogP contribution in [0.2, 0.25) is 0 Å². The van der Waals surface area contributed by atoms with Crippen LogP contribution in [-0.4, -0.2) is 49.4 Å². The largest absolute Gasteiger partial charge is 0.351 e. The minimum absolute atomic E-state index is 0.00641. The van der Waals surface area contributed by atoms with Gasteiger partial charge in [-0.3, -0.25) is 9.59 Å². The summed E-state index contributed by atoms with van der Waals surface area (Å²) < 4.78 is 0. The second-order valence-corrected chi connectivity index (χ2v) is 4.73. The second kappa shape index (κ2) is 4.82. The van der Waals surface area contributed by atoms with Crippen molar-refractivity contribution in [1.29, 1.82) is 0 Å². The first-order valence-corrected chi connectivity index (χ1v) is 5.92. The summed E-state index contributed by atoms with van der Waals surface area (Å²) in [4.78, 5) is 24.9. The predicted octanol–water partition coefficient (Wildman–Crippen LogP) is -0.667. The second-order valence-electron chi connectivity index (χ2n) is 4.73. The lowest BCUT2D eigenvalue weighted by molar-refractivity contribution is -0.126. The van der Waals surface area contributed by atoms with Gasteiger partial charge in [0.2, 0.25) is 11.8 Å². The molecule has 2 aliphatic rings. The zero-order valence-corrected chi connectivity index (χ0v) is 9.66. The summed E-state index contributed by atoms with van der Waals surface area (Å²) in [7, 11) is 1.77. The van der Waals surface area contributed by atoms with Gasteiger partial charge in [0.05, 0.1) is 12.0 Å². The quantitative estimate of drug-likeness (QED) is 0.655. The van der Waals surface area contributed by atoms with Crippen LogP contribution in [0.3, 0.4) is 0 Å². The smallest absolute Gasteiger partial charge is 0.224 e. The lowest BCUT2D eigenvalue weighted by atomic mass is 9.98. The molecule has 0 aromatic heterocycles. The molecule has 0 aromatic rings. The minimum Gasteiger partial charge on any atom is -0.351 e. The van der Waals surface area contributed by atoms with Crippen LogP contribution in [0.1, 0.15) is 19.3 Å². The first-order chi connectivity index (χ1) is 7.66. The number of hydrogen-bond acceptors (Lipinski definition) is 3. The third kappa shape index (κ3) is 2.52. The van der Waals surface area contributed by atoms with Gasteiger partial charge in [-0.1, -0.05) is 0 Å². The Bertz CT molecular complexity index is 287. The van der Waals surface area contributed by atoms with Gasteiger partial charge in [-0.15, -0.1) is 0 Å². The summed E-state index contributed by atoms with van der Waals surface area (Å²) in [5, 5.41) is 6.19. The summed E-state index contributed by atoms with van der Waals surface area (Å²) in [6.07, 6.45) is 2.46. The molecule has 0 aromatic carbocycles. The van der Waals surface area contributed by atoms with Crippen LogP contribution in [0.15, 0.2) is 0 Å². The van der Waals surface area contributed by atoms with Gasteiger partial charge in [0.15, 0.2) is 0 Å². The van der Waals surface area contributed by atoms with Gasteiger partial charge >= 0.3 is 0 Å². The maximum absolute atomic E-state index is 11.9. The van der Waals surface area contributed by atoms with Crippen LogP contribution < -0.4 is 10.6 Å². The van der Waals surface area contributed by atoms with Crippen molar-refractivity contribution in [1.82, 2.24) is 15.5 Å². The van der Waals surface area contributed by atoms with Gasteiger partial charge in [-0.25, -0.2) is 0 Å². The Balaban J connectivity index is 1.81. The molecule has 2 aliphatic heterocycles. The van der Waals surface area contributed by atoms with Crippen molar-refractivity contribution in [2.75, 3.05) is 26.7 Å². The van der Waals surface area contributed by atoms with E-state index in [1.807, 2.05) is 0 Å². The number of likely N-dealkylation sites (tertiary alicyclic amines) is 1. The summed E-state index contributed by atoms with van der Waals surface area (Å²) in [6.45, 7) is 2.42. The molecular weight excluding hydrogens is 206 g/mol. The molecule has 0 aliphatic carbocycles. The van der Waals surface area contributed by atoms with E-state index < -0.39 is 0 Å². The Morgan fingerprint density at radius 1 is 1.56 bits per heavy atom. The van der Waals surface area contributed by atoms with Gasteiger partial charge in [-0.2, -0.15) is 0 Å². The fourth-order valence-corrected chi connectivity index (χ4v) is 2.35. The monoisotopic (exact) mass is 225 g/mol. The SMILES string of the molecule is CN1CC(NC(=O)[C@@H]2CCCNC2)CC1=O. The van der Waals surface area contributed by atoms with Gasteiger partial charge in [-0.05, 0) is 19.4 Å². The molecule has 5 heteroatoms. The summed E-state index contributed by atoms with van der Waals surface area (Å²) >= 11 is 0. The highest BCUT2D eigenvalue weighted by atomic mass is 16.2. The molecule has 2 rings (SSSR count). The Labute approximate surface area is 95.6 Å². The average Bonchev–Trinajstić information content (AvgIpc) is 2.59. The number of hydrogen-bond donors (Lipinski definition) is 2. The molecule has 2 amide bonds. The first kappa shape index (κ1) is 11.4. The Morgan fingerprint density at radius 3 is 2.94 bits per heavy atom. The molecule has 0 spiro atoms. The minimum atomic E-state index is 0.00641. The molecule has 2 saturated heterocycles. The zero-order valence-electron chi connectivity index (χ0n) is 9.66. The first-order valence-electron chi connectivity index (χ1n) is 5.92. The third-order valence-corrected chi connectivity index (χ3v) is 3.36. The number of likely N-dealkylation sites (N-methyl/N-ethyl adjacent to an activating group) is 1. The third-order valence-electron chi connectivity index (χ3n) is 3.36. The Hall–Kier alpha value is -1.10. The number of amides is 2. The maximum atomic E-state index is 11.9. The number of carbonyl (C=O) groups excluding carboxylic acids is 2. The van der Waals surface area contributed by atoms with Crippen molar-refractivity contribution < 1.29 is 9.59 Å². The van der Waals surface area contributed by atoms with Gasteiger partial charge in [0.1, 0.15) is 0 Å². The van der Waals surface area contributed by atoms with Crippen molar-refractivity contribution >= 4 is 11.8 Å². The van der Waals surface area contributed by atoms with E-state index in [2.05, 4.69) is 10.6 Å². The van der Waals surface area contributed by atoms with Gasteiger partial charge in [0, 0.05) is 26.6 Å². The molecule has 0 saturated carbocycles. The fourth-order valence-electron chi connectivity index (χ4n) is 2.35. The number of carbonyl (C=O) groups is 2. The van der Waals surface area contributed by atoms with Crippen LogP contribution in [-0.2, 0) is 9.59 Å². The molecule has 2 atom stereocenters. The van der Waals surface area contributed by atoms with E-state index in [0.29, 0.717) is 13.0 Å². The molecule has 2 heterocycles. The highest BCUT2D eigenvalue weighted by Crippen LogP contribution is 2.13. The van der Waals surface area contributed by atoms with Crippen molar-refractivity contribution in [3.05, 3.63) is 0 Å². The molecule has 90 valence electrons. The van der Waals surface area contributed by atoms with E-state index in [-0.39, 0.29) is 23.8 Å². The average molecular weight is 225 g/mol. The number of rotatable bonds is 2. The highest BCUT2D eigenvalue weighted by Gasteiger charge is 2.30. The van der Waals surface area contributed by atoms with E-state index in [4.69, 9.17) is 0 Å². The lowest BCUT2D eigenvalue weighted by Gasteiger charge is -2.23. The normalized spacial score (nSPS) is 30.6. The highest BCUT2D eigenvalue weighted by molar-refractivity contribution is 5.83. The standard InChI is InChI=1S/C11H19N3O2/c1-14-7-9(5-10(14)15)13-11(16)8-3-2-4-12-6-8/h8-9,12H,2-7H2,1H3,(H,13,16)/t8-,9?/m1/s1. The van der Waals surface area contributed by atoms with Crippen molar-refractivity contribution in [3.63, 3.8) is 0 Å². The summed E-state index contributed by atoms with van der Waals surface area (Å²) in [5.74, 6) is 0.294. The van der Waals surface area contributed by atoms with Crippen LogP contribution in [0.4, 0.5) is 0 Å². The molecule has 0 bridgehead atoms. The molecular formula is C11H19N3O2. The number of nitrogens with one attached hydrogen (secondary N) is 2. The van der Waals surface area contributed by atoms with E-state index in [1.54, 1.807) is 11.9 Å². The van der Waals surface area contributed by atoms with Gasteiger partial charge < -0.3 is 15.5 Å². The molecule has 1 unspecified atom stereocenters.